The van der Waals surface area contributed by atoms with E-state index in [1.807, 2.05) is 13.0 Å². The summed E-state index contributed by atoms with van der Waals surface area (Å²) in [6.45, 7) is 4.63. The second-order valence-corrected chi connectivity index (χ2v) is 6.18. The Labute approximate surface area is 139 Å². The van der Waals surface area contributed by atoms with Crippen LogP contribution in [-0.2, 0) is 4.74 Å². The van der Waals surface area contributed by atoms with E-state index in [1.165, 1.54) is 23.5 Å². The smallest absolute Gasteiger partial charge is 0.261 e. The molecule has 1 aromatic heterocycles. The summed E-state index contributed by atoms with van der Waals surface area (Å²) < 4.78 is 17.9. The number of thiophene rings is 1. The molecule has 0 spiro atoms. The quantitative estimate of drug-likeness (QED) is 0.729. The molecule has 6 heteroatoms. The molecular weight excluding hydrogens is 315 g/mol. The molecule has 0 unspecified atom stereocenters. The highest BCUT2D eigenvalue weighted by Crippen LogP contribution is 2.32. The lowest BCUT2D eigenvalue weighted by Gasteiger charge is -2.05. The van der Waals surface area contributed by atoms with Gasteiger partial charge in [-0.05, 0) is 36.2 Å². The van der Waals surface area contributed by atoms with Gasteiger partial charge in [0.1, 0.15) is 5.82 Å². The minimum Gasteiger partial charge on any atom is -0.383 e. The Balaban J connectivity index is 1.92. The molecule has 2 N–H and O–H groups in total. The van der Waals surface area contributed by atoms with E-state index in [1.54, 1.807) is 19.2 Å². The van der Waals surface area contributed by atoms with E-state index in [4.69, 9.17) is 4.74 Å². The highest BCUT2D eigenvalue weighted by molar-refractivity contribution is 7.17. The normalized spacial score (nSPS) is 10.7. The van der Waals surface area contributed by atoms with Crippen molar-refractivity contribution in [3.63, 3.8) is 0 Å². The lowest BCUT2D eigenvalue weighted by Crippen LogP contribution is -2.32. The van der Waals surface area contributed by atoms with Crippen molar-refractivity contribution in [1.82, 2.24) is 10.6 Å². The van der Waals surface area contributed by atoms with E-state index in [0.717, 1.165) is 22.5 Å². The zero-order chi connectivity index (χ0) is 16.7. The van der Waals surface area contributed by atoms with Crippen LogP contribution < -0.4 is 10.6 Å². The number of amides is 1. The minimum atomic E-state index is -0.262. The van der Waals surface area contributed by atoms with Gasteiger partial charge in [0.2, 0.25) is 0 Å². The van der Waals surface area contributed by atoms with E-state index in [2.05, 4.69) is 10.6 Å². The summed E-state index contributed by atoms with van der Waals surface area (Å²) in [6, 6.07) is 8.20. The first-order valence-corrected chi connectivity index (χ1v) is 8.27. The second-order valence-electron chi connectivity index (χ2n) is 5.13. The third kappa shape index (κ3) is 5.13. The van der Waals surface area contributed by atoms with Crippen LogP contribution in [0.2, 0.25) is 0 Å². The summed E-state index contributed by atoms with van der Waals surface area (Å²) in [4.78, 5) is 13.8. The molecule has 0 aliphatic carbocycles. The van der Waals surface area contributed by atoms with E-state index in [-0.39, 0.29) is 11.7 Å². The molecule has 0 aliphatic rings. The van der Waals surface area contributed by atoms with Crippen LogP contribution in [0.15, 0.2) is 30.3 Å². The van der Waals surface area contributed by atoms with Gasteiger partial charge in [-0.1, -0.05) is 12.1 Å². The lowest BCUT2D eigenvalue weighted by atomic mass is 10.1. The van der Waals surface area contributed by atoms with Crippen molar-refractivity contribution in [2.75, 3.05) is 33.4 Å². The zero-order valence-corrected chi connectivity index (χ0v) is 14.1. The highest BCUT2D eigenvalue weighted by atomic mass is 32.1. The molecule has 23 heavy (non-hydrogen) atoms. The Hall–Kier alpha value is -1.76. The minimum absolute atomic E-state index is 0.0833. The van der Waals surface area contributed by atoms with E-state index < -0.39 is 0 Å². The number of hydrogen-bond donors (Lipinski definition) is 2. The Kier molecular flexibility index (Phi) is 6.70. The van der Waals surface area contributed by atoms with Crippen molar-refractivity contribution in [1.29, 1.82) is 0 Å². The molecule has 1 amide bonds. The maximum Gasteiger partial charge on any atom is 0.261 e. The summed E-state index contributed by atoms with van der Waals surface area (Å²) in [5.74, 6) is -0.345. The predicted molar refractivity (Wildman–Crippen MR) is 91.5 cm³/mol. The molecule has 0 saturated heterocycles. The van der Waals surface area contributed by atoms with Crippen molar-refractivity contribution >= 4 is 17.2 Å². The molecule has 0 radical (unpaired) electrons. The van der Waals surface area contributed by atoms with E-state index >= 15 is 0 Å². The van der Waals surface area contributed by atoms with Crippen LogP contribution in [0.25, 0.3) is 10.4 Å². The van der Waals surface area contributed by atoms with Crippen molar-refractivity contribution in [3.05, 3.63) is 46.6 Å². The molecule has 124 valence electrons. The summed E-state index contributed by atoms with van der Waals surface area (Å²) in [5, 5.41) is 6.05. The van der Waals surface area contributed by atoms with Crippen LogP contribution in [-0.4, -0.2) is 39.3 Å². The lowest BCUT2D eigenvalue weighted by molar-refractivity contribution is 0.0957. The first-order valence-electron chi connectivity index (χ1n) is 7.46. The van der Waals surface area contributed by atoms with Gasteiger partial charge in [-0.25, -0.2) is 4.39 Å². The van der Waals surface area contributed by atoms with Crippen LogP contribution in [0.4, 0.5) is 4.39 Å². The fraction of sp³-hybridized carbons (Fsp3) is 0.353. The number of aryl methyl sites for hydroxylation is 1. The molecule has 1 aromatic carbocycles. The number of methoxy groups -OCH3 is 1. The largest absolute Gasteiger partial charge is 0.383 e. The van der Waals surface area contributed by atoms with Gasteiger partial charge < -0.3 is 15.4 Å². The summed E-state index contributed by atoms with van der Waals surface area (Å²) in [7, 11) is 1.65. The maximum absolute atomic E-state index is 13.0. The molecule has 2 aromatic rings. The summed E-state index contributed by atoms with van der Waals surface area (Å²) in [5.41, 5.74) is 1.94. The van der Waals surface area contributed by atoms with Crippen molar-refractivity contribution in [2.45, 2.75) is 6.92 Å². The predicted octanol–water partition coefficient (Wildman–Crippen LogP) is 2.83. The SMILES string of the molecule is COCCNCCNC(=O)c1cc(C)c(-c2ccc(F)cc2)s1. The second kappa shape index (κ2) is 8.76. The number of carbonyl (C=O) groups is 1. The number of hydrogen-bond acceptors (Lipinski definition) is 4. The molecule has 4 nitrogen and oxygen atoms in total. The van der Waals surface area contributed by atoms with Crippen molar-refractivity contribution in [2.24, 2.45) is 0 Å². The summed E-state index contributed by atoms with van der Waals surface area (Å²) >= 11 is 1.42. The van der Waals surface area contributed by atoms with E-state index in [9.17, 15) is 9.18 Å². The van der Waals surface area contributed by atoms with Crippen molar-refractivity contribution in [3.8, 4) is 10.4 Å². The number of rotatable bonds is 8. The van der Waals surface area contributed by atoms with Gasteiger partial charge >= 0.3 is 0 Å². The third-order valence-electron chi connectivity index (χ3n) is 3.32. The molecule has 0 saturated carbocycles. The van der Waals surface area contributed by atoms with Gasteiger partial charge in [-0.3, -0.25) is 4.79 Å². The van der Waals surface area contributed by atoms with Crippen LogP contribution in [0.3, 0.4) is 0 Å². The number of benzene rings is 1. The molecule has 1 heterocycles. The van der Waals surface area contributed by atoms with Gasteiger partial charge in [-0.2, -0.15) is 0 Å². The van der Waals surface area contributed by atoms with Gasteiger partial charge in [0.15, 0.2) is 0 Å². The molecule has 0 fully saturated rings. The van der Waals surface area contributed by atoms with Gasteiger partial charge in [0.25, 0.3) is 5.91 Å². The Morgan fingerprint density at radius 2 is 1.96 bits per heavy atom. The van der Waals surface area contributed by atoms with Crippen LogP contribution >= 0.6 is 11.3 Å². The van der Waals surface area contributed by atoms with Crippen LogP contribution in [0, 0.1) is 12.7 Å². The molecule has 2 rings (SSSR count). The molecule has 0 atom stereocenters. The first-order chi connectivity index (χ1) is 11.1. The highest BCUT2D eigenvalue weighted by Gasteiger charge is 2.13. The monoisotopic (exact) mass is 336 g/mol. The van der Waals surface area contributed by atoms with Crippen molar-refractivity contribution < 1.29 is 13.9 Å². The summed E-state index contributed by atoms with van der Waals surface area (Å²) in [6.07, 6.45) is 0. The standard InChI is InChI=1S/C17H21FN2O2S/c1-12-11-15(17(21)20-8-7-19-9-10-22-2)23-16(12)13-3-5-14(18)6-4-13/h3-6,11,19H,7-10H2,1-2H3,(H,20,21). The number of nitrogens with one attached hydrogen (secondary N) is 2. The Morgan fingerprint density at radius 1 is 1.22 bits per heavy atom. The van der Waals surface area contributed by atoms with Gasteiger partial charge in [0.05, 0.1) is 11.5 Å². The van der Waals surface area contributed by atoms with E-state index in [0.29, 0.717) is 24.6 Å². The average molecular weight is 336 g/mol. The average Bonchev–Trinajstić information content (AvgIpc) is 2.93. The number of ether oxygens (including phenoxy) is 1. The molecule has 0 aliphatic heterocycles. The van der Waals surface area contributed by atoms with Crippen LogP contribution in [0.5, 0.6) is 0 Å². The Bertz CT molecular complexity index is 641. The fourth-order valence-electron chi connectivity index (χ4n) is 2.13. The van der Waals surface area contributed by atoms with Gasteiger partial charge in [0, 0.05) is 31.6 Å². The fourth-order valence-corrected chi connectivity index (χ4v) is 3.23. The molecule has 0 bridgehead atoms. The maximum atomic E-state index is 13.0. The Morgan fingerprint density at radius 3 is 2.65 bits per heavy atom. The number of carbonyl (C=O) groups excluding carboxylic acids is 1. The van der Waals surface area contributed by atoms with Gasteiger partial charge in [-0.15, -0.1) is 11.3 Å². The zero-order valence-electron chi connectivity index (χ0n) is 13.3. The molecular formula is C17H21FN2O2S. The third-order valence-corrected chi connectivity index (χ3v) is 4.60. The number of halogens is 1. The van der Waals surface area contributed by atoms with Crippen LogP contribution in [0.1, 0.15) is 15.2 Å². The topological polar surface area (TPSA) is 50.4 Å². The first kappa shape index (κ1) is 17.6.